The van der Waals surface area contributed by atoms with Crippen LogP contribution < -0.4 is 10.2 Å². The van der Waals surface area contributed by atoms with Crippen LogP contribution in [0.3, 0.4) is 0 Å². The number of anilines is 1. The van der Waals surface area contributed by atoms with Gasteiger partial charge in [0, 0.05) is 30.1 Å². The van der Waals surface area contributed by atoms with E-state index in [1.165, 1.54) is 55.9 Å². The second kappa shape index (κ2) is 6.25. The van der Waals surface area contributed by atoms with Gasteiger partial charge in [0.1, 0.15) is 0 Å². The smallest absolute Gasteiger partial charge is 0.185 e. The van der Waals surface area contributed by atoms with Gasteiger partial charge in [-0.25, -0.2) is 4.98 Å². The minimum atomic E-state index is 0.157. The van der Waals surface area contributed by atoms with Gasteiger partial charge in [0.05, 0.1) is 5.69 Å². The maximum Gasteiger partial charge on any atom is 0.185 e. The molecule has 3 nitrogen and oxygen atoms in total. The van der Waals surface area contributed by atoms with Gasteiger partial charge >= 0.3 is 0 Å². The van der Waals surface area contributed by atoms with E-state index in [0.29, 0.717) is 0 Å². The molecule has 1 aliphatic carbocycles. The quantitative estimate of drug-likeness (QED) is 0.904. The Morgan fingerprint density at radius 3 is 2.71 bits per heavy atom. The Morgan fingerprint density at radius 1 is 1.24 bits per heavy atom. The monoisotopic (exact) mass is 307 g/mol. The van der Waals surface area contributed by atoms with Gasteiger partial charge in [0.15, 0.2) is 5.13 Å². The van der Waals surface area contributed by atoms with Crippen molar-refractivity contribution in [3.05, 3.63) is 11.1 Å². The molecule has 0 bridgehead atoms. The fourth-order valence-electron chi connectivity index (χ4n) is 3.73. The molecule has 1 saturated carbocycles. The Morgan fingerprint density at radius 2 is 2.00 bits per heavy atom. The Hall–Kier alpha value is -0.610. The summed E-state index contributed by atoms with van der Waals surface area (Å²) in [5, 5.41) is 7.03. The van der Waals surface area contributed by atoms with Gasteiger partial charge in [-0.1, -0.05) is 12.8 Å². The van der Waals surface area contributed by atoms with Crippen molar-refractivity contribution in [1.29, 1.82) is 0 Å². The lowest BCUT2D eigenvalue weighted by Gasteiger charge is -2.29. The summed E-state index contributed by atoms with van der Waals surface area (Å²) in [4.78, 5) is 7.51. The lowest BCUT2D eigenvalue weighted by molar-refractivity contribution is 0.420. The molecule has 1 N–H and O–H groups in total. The summed E-state index contributed by atoms with van der Waals surface area (Å²) in [6, 6.07) is 0.766. The largest absolute Gasteiger partial charge is 0.345 e. The number of nitrogens with one attached hydrogen (secondary N) is 1. The first-order valence-corrected chi connectivity index (χ1v) is 9.37. The highest BCUT2D eigenvalue weighted by Gasteiger charge is 2.34. The molecule has 4 heteroatoms. The molecule has 1 aromatic rings. The van der Waals surface area contributed by atoms with Gasteiger partial charge in [0.25, 0.3) is 0 Å². The molecule has 1 atom stereocenters. The predicted octanol–water partition coefficient (Wildman–Crippen LogP) is 4.19. The summed E-state index contributed by atoms with van der Waals surface area (Å²) < 4.78 is 0. The topological polar surface area (TPSA) is 28.2 Å². The Labute approximate surface area is 133 Å². The molecule has 21 heavy (non-hydrogen) atoms. The molecular formula is C17H29N3S. The number of rotatable bonds is 4. The first-order valence-electron chi connectivity index (χ1n) is 8.49. The second-order valence-electron chi connectivity index (χ2n) is 7.67. The van der Waals surface area contributed by atoms with E-state index in [9.17, 15) is 0 Å². The minimum Gasteiger partial charge on any atom is -0.345 e. The zero-order valence-electron chi connectivity index (χ0n) is 13.7. The van der Waals surface area contributed by atoms with Gasteiger partial charge in [-0.15, -0.1) is 11.3 Å². The molecule has 2 heterocycles. The zero-order valence-corrected chi connectivity index (χ0v) is 14.5. The fraction of sp³-hybridized carbons (Fsp3) is 0.824. The summed E-state index contributed by atoms with van der Waals surface area (Å²) >= 11 is 1.83. The predicted molar refractivity (Wildman–Crippen MR) is 91.0 cm³/mol. The summed E-state index contributed by atoms with van der Waals surface area (Å²) in [5.41, 5.74) is 1.35. The van der Waals surface area contributed by atoms with E-state index in [-0.39, 0.29) is 5.54 Å². The van der Waals surface area contributed by atoms with E-state index < -0.39 is 0 Å². The van der Waals surface area contributed by atoms with E-state index in [0.717, 1.165) is 18.5 Å². The SMILES string of the molecule is CC(C)(C)NCc1csc(N2CCCC2C2CCCC2)n1. The Kier molecular flexibility index (Phi) is 4.55. The van der Waals surface area contributed by atoms with E-state index in [4.69, 9.17) is 4.98 Å². The maximum absolute atomic E-state index is 4.90. The zero-order chi connectivity index (χ0) is 14.9. The van der Waals surface area contributed by atoms with Gasteiger partial charge in [-0.2, -0.15) is 0 Å². The summed E-state index contributed by atoms with van der Waals surface area (Å²) in [6.07, 6.45) is 8.47. The third-order valence-electron chi connectivity index (χ3n) is 4.83. The highest BCUT2D eigenvalue weighted by molar-refractivity contribution is 7.13. The van der Waals surface area contributed by atoms with E-state index >= 15 is 0 Å². The van der Waals surface area contributed by atoms with Crippen LogP contribution in [0, 0.1) is 5.92 Å². The fourth-order valence-corrected chi connectivity index (χ4v) is 4.64. The molecule has 0 aromatic carbocycles. The third kappa shape index (κ3) is 3.78. The normalized spacial score (nSPS) is 24.1. The average Bonchev–Trinajstić information content (AvgIpc) is 3.15. The molecule has 0 amide bonds. The lowest BCUT2D eigenvalue weighted by Crippen LogP contribution is -2.35. The number of hydrogen-bond donors (Lipinski definition) is 1. The number of thiazole rings is 1. The second-order valence-corrected chi connectivity index (χ2v) is 8.51. The van der Waals surface area contributed by atoms with Crippen molar-refractivity contribution in [3.63, 3.8) is 0 Å². The highest BCUT2D eigenvalue weighted by Crippen LogP contribution is 2.38. The van der Waals surface area contributed by atoms with Crippen molar-refractivity contribution in [2.45, 2.75) is 77.4 Å². The van der Waals surface area contributed by atoms with Gasteiger partial charge < -0.3 is 10.2 Å². The van der Waals surface area contributed by atoms with Crippen LogP contribution in [0.25, 0.3) is 0 Å². The van der Waals surface area contributed by atoms with E-state index in [1.54, 1.807) is 0 Å². The van der Waals surface area contributed by atoms with Gasteiger partial charge in [0.2, 0.25) is 0 Å². The van der Waals surface area contributed by atoms with Crippen molar-refractivity contribution in [2.24, 2.45) is 5.92 Å². The van der Waals surface area contributed by atoms with Crippen molar-refractivity contribution in [2.75, 3.05) is 11.4 Å². The molecule has 1 unspecified atom stereocenters. The number of nitrogens with zero attached hydrogens (tertiary/aromatic N) is 2. The van der Waals surface area contributed by atoms with E-state index in [1.807, 2.05) is 11.3 Å². The van der Waals surface area contributed by atoms with Crippen LogP contribution in [0.5, 0.6) is 0 Å². The maximum atomic E-state index is 4.90. The molecular weight excluding hydrogens is 278 g/mol. The van der Waals surface area contributed by atoms with Gasteiger partial charge in [-0.05, 0) is 52.4 Å². The molecule has 0 spiro atoms. The Bertz CT molecular complexity index is 457. The van der Waals surface area contributed by atoms with Crippen LogP contribution in [0.2, 0.25) is 0 Å². The van der Waals surface area contributed by atoms with Crippen LogP contribution in [-0.2, 0) is 6.54 Å². The number of aromatic nitrogens is 1. The van der Waals surface area contributed by atoms with Crippen LogP contribution in [-0.4, -0.2) is 23.1 Å². The Balaban J connectivity index is 1.64. The lowest BCUT2D eigenvalue weighted by atomic mass is 9.96. The van der Waals surface area contributed by atoms with E-state index in [2.05, 4.69) is 36.4 Å². The average molecular weight is 308 g/mol. The standard InChI is InChI=1S/C17H29N3S/c1-17(2,3)18-11-14-12-21-16(19-14)20-10-6-9-15(20)13-7-4-5-8-13/h12-13,15,18H,4-11H2,1-3H3. The molecule has 1 aliphatic heterocycles. The van der Waals surface area contributed by atoms with Crippen LogP contribution >= 0.6 is 11.3 Å². The summed E-state index contributed by atoms with van der Waals surface area (Å²) in [5.74, 6) is 0.924. The summed E-state index contributed by atoms with van der Waals surface area (Å²) in [7, 11) is 0. The van der Waals surface area contributed by atoms with Crippen molar-refractivity contribution in [1.82, 2.24) is 10.3 Å². The highest BCUT2D eigenvalue weighted by atomic mass is 32.1. The van der Waals surface area contributed by atoms with Crippen molar-refractivity contribution < 1.29 is 0 Å². The molecule has 1 aromatic heterocycles. The molecule has 2 fully saturated rings. The van der Waals surface area contributed by atoms with Gasteiger partial charge in [-0.3, -0.25) is 0 Å². The molecule has 2 aliphatic rings. The number of hydrogen-bond acceptors (Lipinski definition) is 4. The minimum absolute atomic E-state index is 0.157. The van der Waals surface area contributed by atoms with Crippen molar-refractivity contribution in [3.8, 4) is 0 Å². The third-order valence-corrected chi connectivity index (χ3v) is 5.75. The first kappa shape index (κ1) is 15.3. The molecule has 0 radical (unpaired) electrons. The molecule has 1 saturated heterocycles. The molecule has 3 rings (SSSR count). The van der Waals surface area contributed by atoms with Crippen LogP contribution in [0.1, 0.15) is 65.0 Å². The molecule has 118 valence electrons. The first-order chi connectivity index (χ1) is 10.0. The van der Waals surface area contributed by atoms with Crippen LogP contribution in [0.15, 0.2) is 5.38 Å². The summed E-state index contributed by atoms with van der Waals surface area (Å²) in [6.45, 7) is 8.70. The van der Waals surface area contributed by atoms with Crippen LogP contribution in [0.4, 0.5) is 5.13 Å². The van der Waals surface area contributed by atoms with Crippen molar-refractivity contribution >= 4 is 16.5 Å².